The van der Waals surface area contributed by atoms with Crippen molar-refractivity contribution in [2.45, 2.75) is 13.3 Å². The average molecular weight is 216 g/mol. The quantitative estimate of drug-likeness (QED) is 0.718. The summed E-state index contributed by atoms with van der Waals surface area (Å²) >= 11 is 1.65. The van der Waals surface area contributed by atoms with Crippen LogP contribution in [-0.2, 0) is 6.42 Å². The lowest BCUT2D eigenvalue weighted by atomic mass is 10.1. The van der Waals surface area contributed by atoms with E-state index in [0.717, 1.165) is 10.4 Å². The zero-order valence-corrected chi connectivity index (χ0v) is 9.38. The highest BCUT2D eigenvalue weighted by molar-refractivity contribution is 7.10. The molecule has 0 amide bonds. The van der Waals surface area contributed by atoms with E-state index in [1.165, 1.54) is 5.56 Å². The SMILES string of the molecule is Cc1csc(CC(=O)c2ccccc2)c1. The summed E-state index contributed by atoms with van der Waals surface area (Å²) in [4.78, 5) is 13.0. The van der Waals surface area contributed by atoms with E-state index in [2.05, 4.69) is 11.4 Å². The maximum absolute atomic E-state index is 11.8. The minimum Gasteiger partial charge on any atom is -0.294 e. The first-order valence-corrected chi connectivity index (χ1v) is 5.76. The molecule has 0 spiro atoms. The van der Waals surface area contributed by atoms with Crippen LogP contribution in [0.4, 0.5) is 0 Å². The van der Waals surface area contributed by atoms with Gasteiger partial charge in [-0.1, -0.05) is 30.3 Å². The van der Waals surface area contributed by atoms with E-state index >= 15 is 0 Å². The summed E-state index contributed by atoms with van der Waals surface area (Å²) in [5.41, 5.74) is 2.03. The summed E-state index contributed by atoms with van der Waals surface area (Å²) in [5, 5.41) is 2.08. The van der Waals surface area contributed by atoms with Gasteiger partial charge in [-0.25, -0.2) is 0 Å². The van der Waals surface area contributed by atoms with Gasteiger partial charge in [0, 0.05) is 16.9 Å². The number of carbonyl (C=O) groups is 1. The van der Waals surface area contributed by atoms with Gasteiger partial charge >= 0.3 is 0 Å². The molecular weight excluding hydrogens is 204 g/mol. The zero-order chi connectivity index (χ0) is 10.7. The minimum absolute atomic E-state index is 0.192. The van der Waals surface area contributed by atoms with Crippen LogP contribution in [0.5, 0.6) is 0 Å². The fourth-order valence-corrected chi connectivity index (χ4v) is 2.34. The van der Waals surface area contributed by atoms with Crippen molar-refractivity contribution in [1.82, 2.24) is 0 Å². The molecule has 0 aliphatic rings. The molecule has 0 unspecified atom stereocenters. The molecule has 0 aliphatic carbocycles. The molecule has 1 nitrogen and oxygen atoms in total. The topological polar surface area (TPSA) is 17.1 Å². The number of rotatable bonds is 3. The first-order valence-electron chi connectivity index (χ1n) is 4.88. The van der Waals surface area contributed by atoms with E-state index in [4.69, 9.17) is 0 Å². The van der Waals surface area contributed by atoms with Crippen molar-refractivity contribution < 1.29 is 4.79 Å². The molecule has 0 fully saturated rings. The number of hydrogen-bond donors (Lipinski definition) is 0. The van der Waals surface area contributed by atoms with Gasteiger partial charge in [-0.3, -0.25) is 4.79 Å². The van der Waals surface area contributed by atoms with Crippen molar-refractivity contribution in [3.63, 3.8) is 0 Å². The zero-order valence-electron chi connectivity index (χ0n) is 8.57. The maximum Gasteiger partial charge on any atom is 0.168 e. The van der Waals surface area contributed by atoms with Crippen molar-refractivity contribution in [1.29, 1.82) is 0 Å². The molecule has 15 heavy (non-hydrogen) atoms. The Balaban J connectivity index is 2.11. The van der Waals surface area contributed by atoms with Gasteiger partial charge in [0.15, 0.2) is 5.78 Å². The first-order chi connectivity index (χ1) is 7.25. The van der Waals surface area contributed by atoms with Crippen LogP contribution in [0.3, 0.4) is 0 Å². The summed E-state index contributed by atoms with van der Waals surface area (Å²) in [7, 11) is 0. The highest BCUT2D eigenvalue weighted by Crippen LogP contribution is 2.16. The molecule has 0 aliphatic heterocycles. The Hall–Kier alpha value is -1.41. The van der Waals surface area contributed by atoms with Crippen molar-refractivity contribution in [3.05, 3.63) is 57.8 Å². The van der Waals surface area contributed by atoms with Crippen LogP contribution in [0.15, 0.2) is 41.8 Å². The van der Waals surface area contributed by atoms with E-state index in [-0.39, 0.29) is 5.78 Å². The second-order valence-electron chi connectivity index (χ2n) is 3.56. The van der Waals surface area contributed by atoms with Gasteiger partial charge in [0.05, 0.1) is 0 Å². The molecule has 1 heterocycles. The van der Waals surface area contributed by atoms with Gasteiger partial charge in [-0.15, -0.1) is 11.3 Å². The molecule has 2 heteroatoms. The number of aryl methyl sites for hydroxylation is 1. The number of hydrogen-bond acceptors (Lipinski definition) is 2. The maximum atomic E-state index is 11.8. The van der Waals surface area contributed by atoms with Crippen LogP contribution >= 0.6 is 11.3 Å². The Labute approximate surface area is 93.4 Å². The molecule has 76 valence electrons. The van der Waals surface area contributed by atoms with Gasteiger partial charge in [-0.2, -0.15) is 0 Å². The van der Waals surface area contributed by atoms with Crippen LogP contribution in [-0.4, -0.2) is 5.78 Å². The number of benzene rings is 1. The molecule has 2 aromatic rings. The molecule has 0 saturated heterocycles. The Morgan fingerprint density at radius 1 is 1.27 bits per heavy atom. The van der Waals surface area contributed by atoms with Crippen molar-refractivity contribution >= 4 is 17.1 Å². The Kier molecular flexibility index (Phi) is 2.97. The molecule has 1 aromatic heterocycles. The van der Waals surface area contributed by atoms with Gasteiger partial charge < -0.3 is 0 Å². The molecule has 0 N–H and O–H groups in total. The minimum atomic E-state index is 0.192. The highest BCUT2D eigenvalue weighted by atomic mass is 32.1. The normalized spacial score (nSPS) is 10.2. The third-order valence-electron chi connectivity index (χ3n) is 2.22. The van der Waals surface area contributed by atoms with E-state index in [9.17, 15) is 4.79 Å². The predicted molar refractivity (Wildman–Crippen MR) is 63.5 cm³/mol. The van der Waals surface area contributed by atoms with Crippen LogP contribution < -0.4 is 0 Å². The fraction of sp³-hybridized carbons (Fsp3) is 0.154. The lowest BCUT2D eigenvalue weighted by molar-refractivity contribution is 0.0994. The van der Waals surface area contributed by atoms with E-state index in [1.807, 2.05) is 37.3 Å². The lowest BCUT2D eigenvalue weighted by Crippen LogP contribution is -2.01. The third-order valence-corrected chi connectivity index (χ3v) is 3.27. The van der Waals surface area contributed by atoms with E-state index in [1.54, 1.807) is 11.3 Å². The number of carbonyl (C=O) groups excluding carboxylic acids is 1. The molecule has 0 saturated carbocycles. The van der Waals surface area contributed by atoms with Crippen molar-refractivity contribution in [3.8, 4) is 0 Å². The smallest absolute Gasteiger partial charge is 0.168 e. The van der Waals surface area contributed by atoms with Crippen molar-refractivity contribution in [2.75, 3.05) is 0 Å². The molecule has 1 aromatic carbocycles. The van der Waals surface area contributed by atoms with Crippen LogP contribution in [0.1, 0.15) is 20.8 Å². The Morgan fingerprint density at radius 3 is 2.60 bits per heavy atom. The lowest BCUT2D eigenvalue weighted by Gasteiger charge is -1.97. The van der Waals surface area contributed by atoms with Crippen LogP contribution in [0.2, 0.25) is 0 Å². The Bertz CT molecular complexity index is 456. The highest BCUT2D eigenvalue weighted by Gasteiger charge is 2.07. The van der Waals surface area contributed by atoms with Gasteiger partial charge in [0.25, 0.3) is 0 Å². The summed E-state index contributed by atoms with van der Waals surface area (Å²) < 4.78 is 0. The summed E-state index contributed by atoms with van der Waals surface area (Å²) in [6.07, 6.45) is 0.516. The number of Topliss-reactive ketones (excluding diaryl/α,β-unsaturated/α-hetero) is 1. The molecular formula is C13H12OS. The summed E-state index contributed by atoms with van der Waals surface area (Å²) in [6.45, 7) is 2.05. The van der Waals surface area contributed by atoms with Crippen molar-refractivity contribution in [2.24, 2.45) is 0 Å². The molecule has 2 rings (SSSR count). The fourth-order valence-electron chi connectivity index (χ4n) is 1.47. The number of thiophene rings is 1. The second kappa shape index (κ2) is 4.41. The molecule has 0 atom stereocenters. The molecule has 0 bridgehead atoms. The Morgan fingerprint density at radius 2 is 2.00 bits per heavy atom. The summed E-state index contributed by atoms with van der Waals surface area (Å²) in [6, 6.07) is 11.5. The standard InChI is InChI=1S/C13H12OS/c1-10-7-12(15-9-10)8-13(14)11-5-3-2-4-6-11/h2-7,9H,8H2,1H3. The molecule has 0 radical (unpaired) electrons. The first kappa shape index (κ1) is 10.1. The van der Waals surface area contributed by atoms with Gasteiger partial charge in [0.2, 0.25) is 0 Å². The van der Waals surface area contributed by atoms with Gasteiger partial charge in [0.1, 0.15) is 0 Å². The van der Waals surface area contributed by atoms with Gasteiger partial charge in [-0.05, 0) is 23.9 Å². The third kappa shape index (κ3) is 2.54. The predicted octanol–water partition coefficient (Wildman–Crippen LogP) is 3.48. The monoisotopic (exact) mass is 216 g/mol. The number of ketones is 1. The summed E-state index contributed by atoms with van der Waals surface area (Å²) in [5.74, 6) is 0.192. The van der Waals surface area contributed by atoms with E-state index < -0.39 is 0 Å². The second-order valence-corrected chi connectivity index (χ2v) is 4.55. The average Bonchev–Trinajstić information content (AvgIpc) is 2.65. The largest absolute Gasteiger partial charge is 0.294 e. The van der Waals surface area contributed by atoms with Crippen LogP contribution in [0.25, 0.3) is 0 Å². The van der Waals surface area contributed by atoms with Crippen LogP contribution in [0, 0.1) is 6.92 Å². The van der Waals surface area contributed by atoms with E-state index in [0.29, 0.717) is 6.42 Å².